The van der Waals surface area contributed by atoms with Gasteiger partial charge in [-0.2, -0.15) is 11.8 Å². The van der Waals surface area contributed by atoms with Crippen molar-refractivity contribution in [2.45, 2.75) is 78.4 Å². The van der Waals surface area contributed by atoms with Gasteiger partial charge < -0.3 is 36.1 Å². The maximum atomic E-state index is 13.4. The Kier molecular flexibility index (Phi) is 17.3. The zero-order chi connectivity index (χ0) is 37.3. The normalized spacial score (nSPS) is 12.9. The SMILES string of the molecule is COC(=O)[C@H](CSCC[C@H](NC(=O)[C@H](CC(C)C)NC(=O)Cc1ccc(NC(=O)Nc2ccccc2)cc1)C(=O)OC)NC(=O)CC(C)(C)C. The highest BCUT2D eigenvalue weighted by atomic mass is 32.2. The van der Waals surface area contributed by atoms with Gasteiger partial charge in [0.15, 0.2) is 0 Å². The van der Waals surface area contributed by atoms with Crippen molar-refractivity contribution in [2.24, 2.45) is 11.3 Å². The second-order valence-corrected chi connectivity index (χ2v) is 14.5. The van der Waals surface area contributed by atoms with Crippen molar-refractivity contribution in [2.75, 3.05) is 36.4 Å². The number of amides is 5. The number of anilines is 2. The van der Waals surface area contributed by atoms with Crippen LogP contribution in [0.2, 0.25) is 0 Å². The van der Waals surface area contributed by atoms with Crippen LogP contribution in [0.5, 0.6) is 0 Å². The molecule has 274 valence electrons. The summed E-state index contributed by atoms with van der Waals surface area (Å²) in [5.74, 6) is -1.82. The van der Waals surface area contributed by atoms with Crippen LogP contribution >= 0.6 is 11.8 Å². The van der Waals surface area contributed by atoms with Crippen LogP contribution in [-0.4, -0.2) is 79.5 Å². The highest BCUT2D eigenvalue weighted by Gasteiger charge is 2.29. The van der Waals surface area contributed by atoms with Gasteiger partial charge >= 0.3 is 18.0 Å². The predicted molar refractivity (Wildman–Crippen MR) is 195 cm³/mol. The summed E-state index contributed by atoms with van der Waals surface area (Å²) in [6, 6.07) is 12.6. The second kappa shape index (κ2) is 20.8. The fraction of sp³-hybridized carbons (Fsp3) is 0.500. The Labute approximate surface area is 298 Å². The highest BCUT2D eigenvalue weighted by molar-refractivity contribution is 7.99. The van der Waals surface area contributed by atoms with Gasteiger partial charge in [-0.05, 0) is 59.8 Å². The van der Waals surface area contributed by atoms with E-state index in [1.54, 1.807) is 36.4 Å². The minimum absolute atomic E-state index is 0.0108. The number of carbonyl (C=O) groups is 6. The van der Waals surface area contributed by atoms with Crippen LogP contribution in [0, 0.1) is 11.3 Å². The highest BCUT2D eigenvalue weighted by Crippen LogP contribution is 2.19. The van der Waals surface area contributed by atoms with Crippen LogP contribution in [0.3, 0.4) is 0 Å². The molecule has 14 heteroatoms. The molecule has 0 saturated carbocycles. The standard InChI is InChI=1S/C36H51N5O8S/c1-23(2)19-28(39-30(42)20-24-13-15-26(16-14-24)38-35(47)37-25-11-9-8-10-12-25)32(44)41-27(33(45)48-6)17-18-50-22-29(34(46)49-7)40-31(43)21-36(3,4)5/h8-16,23,27-29H,17-22H2,1-7H3,(H,39,42)(H,40,43)(H,41,44)(H2,37,38,47)/t27-,28-,29-/m0/s1. The Morgan fingerprint density at radius 1 is 0.720 bits per heavy atom. The molecule has 5 N–H and O–H groups in total. The summed E-state index contributed by atoms with van der Waals surface area (Å²) in [4.78, 5) is 76.0. The average Bonchev–Trinajstić information content (AvgIpc) is 3.04. The van der Waals surface area contributed by atoms with E-state index in [9.17, 15) is 28.8 Å². The molecule has 50 heavy (non-hydrogen) atoms. The molecule has 0 aliphatic heterocycles. The van der Waals surface area contributed by atoms with Gasteiger partial charge in [0, 0.05) is 23.5 Å². The summed E-state index contributed by atoms with van der Waals surface area (Å²) in [6.07, 6.45) is 0.728. The third-order valence-electron chi connectivity index (χ3n) is 7.12. The maximum Gasteiger partial charge on any atom is 0.329 e. The van der Waals surface area contributed by atoms with E-state index in [4.69, 9.17) is 9.47 Å². The number of methoxy groups -OCH3 is 2. The van der Waals surface area contributed by atoms with Crippen molar-refractivity contribution < 1.29 is 38.2 Å². The number of urea groups is 1. The van der Waals surface area contributed by atoms with Crippen molar-refractivity contribution in [3.63, 3.8) is 0 Å². The lowest BCUT2D eigenvalue weighted by Gasteiger charge is -2.24. The number of esters is 2. The van der Waals surface area contributed by atoms with Gasteiger partial charge in [0.05, 0.1) is 20.6 Å². The number of carbonyl (C=O) groups excluding carboxylic acids is 6. The van der Waals surface area contributed by atoms with Crippen LogP contribution in [-0.2, 0) is 39.9 Å². The molecule has 0 spiro atoms. The van der Waals surface area contributed by atoms with E-state index in [-0.39, 0.29) is 48.2 Å². The monoisotopic (exact) mass is 713 g/mol. The molecular weight excluding hydrogens is 662 g/mol. The van der Waals surface area contributed by atoms with E-state index in [2.05, 4.69) is 26.6 Å². The number of thioether (sulfide) groups is 1. The molecule has 0 saturated heterocycles. The van der Waals surface area contributed by atoms with E-state index < -0.39 is 42.0 Å². The minimum atomic E-state index is -1.00. The van der Waals surface area contributed by atoms with Crippen LogP contribution in [0.25, 0.3) is 0 Å². The lowest BCUT2D eigenvalue weighted by molar-refractivity contribution is -0.145. The van der Waals surface area contributed by atoms with Crippen molar-refractivity contribution in [1.29, 1.82) is 0 Å². The number of ether oxygens (including phenoxy) is 2. The lowest BCUT2D eigenvalue weighted by Crippen LogP contribution is -2.52. The van der Waals surface area contributed by atoms with Crippen LogP contribution < -0.4 is 26.6 Å². The molecule has 0 bridgehead atoms. The van der Waals surface area contributed by atoms with Crippen LogP contribution in [0.1, 0.15) is 59.4 Å². The van der Waals surface area contributed by atoms with E-state index in [0.29, 0.717) is 29.1 Å². The topological polar surface area (TPSA) is 181 Å². The molecule has 13 nitrogen and oxygen atoms in total. The Balaban J connectivity index is 1.96. The molecule has 2 rings (SSSR count). The molecule has 2 aromatic rings. The largest absolute Gasteiger partial charge is 0.467 e. The molecule has 0 fully saturated rings. The van der Waals surface area contributed by atoms with Crippen molar-refractivity contribution >= 4 is 58.8 Å². The number of hydrogen-bond donors (Lipinski definition) is 5. The Hall–Kier alpha value is -4.59. The van der Waals surface area contributed by atoms with E-state index in [0.717, 1.165) is 0 Å². The molecule has 3 atom stereocenters. The molecule has 0 aliphatic carbocycles. The van der Waals surface area contributed by atoms with Gasteiger partial charge in [-0.3, -0.25) is 14.4 Å². The number of benzene rings is 2. The first-order valence-electron chi connectivity index (χ1n) is 16.4. The number of hydrogen-bond acceptors (Lipinski definition) is 9. The summed E-state index contributed by atoms with van der Waals surface area (Å²) in [6.45, 7) is 9.58. The Morgan fingerprint density at radius 3 is 1.84 bits per heavy atom. The zero-order valence-electron chi connectivity index (χ0n) is 29.9. The summed E-state index contributed by atoms with van der Waals surface area (Å²) in [5, 5.41) is 13.7. The van der Waals surface area contributed by atoms with Crippen LogP contribution in [0.15, 0.2) is 54.6 Å². The van der Waals surface area contributed by atoms with Crippen LogP contribution in [0.4, 0.5) is 16.2 Å². The third kappa shape index (κ3) is 16.2. The number of rotatable bonds is 18. The third-order valence-corrected chi connectivity index (χ3v) is 8.21. The molecule has 0 aliphatic rings. The molecular formula is C36H51N5O8S. The summed E-state index contributed by atoms with van der Waals surface area (Å²) >= 11 is 1.31. The molecule has 2 aromatic carbocycles. The maximum absolute atomic E-state index is 13.4. The smallest absolute Gasteiger partial charge is 0.329 e. The fourth-order valence-electron chi connectivity index (χ4n) is 4.76. The first kappa shape index (κ1) is 41.6. The van der Waals surface area contributed by atoms with Crippen molar-refractivity contribution in [3.05, 3.63) is 60.2 Å². The lowest BCUT2D eigenvalue weighted by atomic mass is 9.92. The molecule has 5 amide bonds. The van der Waals surface area contributed by atoms with Crippen molar-refractivity contribution in [1.82, 2.24) is 16.0 Å². The van der Waals surface area contributed by atoms with E-state index >= 15 is 0 Å². The Bertz CT molecular complexity index is 1430. The molecule has 0 aromatic heterocycles. The first-order chi connectivity index (χ1) is 23.6. The van der Waals surface area contributed by atoms with Crippen molar-refractivity contribution in [3.8, 4) is 0 Å². The molecule has 0 unspecified atom stereocenters. The van der Waals surface area contributed by atoms with Gasteiger partial charge in [0.1, 0.15) is 18.1 Å². The fourth-order valence-corrected chi connectivity index (χ4v) is 5.78. The summed E-state index contributed by atoms with van der Waals surface area (Å²) in [7, 11) is 2.46. The van der Waals surface area contributed by atoms with Gasteiger partial charge in [0.25, 0.3) is 0 Å². The summed E-state index contributed by atoms with van der Waals surface area (Å²) < 4.78 is 9.76. The number of nitrogens with one attached hydrogen (secondary N) is 5. The molecule has 0 radical (unpaired) electrons. The van der Waals surface area contributed by atoms with Gasteiger partial charge in [-0.1, -0.05) is 65.0 Å². The van der Waals surface area contributed by atoms with Gasteiger partial charge in [0.2, 0.25) is 17.7 Å². The first-order valence-corrected chi connectivity index (χ1v) is 17.6. The summed E-state index contributed by atoms with van der Waals surface area (Å²) in [5.41, 5.74) is 1.60. The average molecular weight is 714 g/mol. The Morgan fingerprint density at radius 2 is 1.28 bits per heavy atom. The minimum Gasteiger partial charge on any atom is -0.467 e. The second-order valence-electron chi connectivity index (χ2n) is 13.4. The predicted octanol–water partition coefficient (Wildman–Crippen LogP) is 4.28. The van der Waals surface area contributed by atoms with Gasteiger partial charge in [-0.25, -0.2) is 14.4 Å². The number of para-hydroxylation sites is 1. The van der Waals surface area contributed by atoms with E-state index in [1.807, 2.05) is 52.8 Å². The van der Waals surface area contributed by atoms with E-state index in [1.165, 1.54) is 26.0 Å². The molecule has 0 heterocycles. The van der Waals surface area contributed by atoms with Gasteiger partial charge in [-0.15, -0.1) is 0 Å². The quantitative estimate of drug-likeness (QED) is 0.111. The zero-order valence-corrected chi connectivity index (χ0v) is 30.7.